The van der Waals surface area contributed by atoms with Crippen molar-refractivity contribution < 1.29 is 0 Å². The molecule has 0 spiro atoms. The molecule has 0 atom stereocenters. The van der Waals surface area contributed by atoms with Crippen LogP contribution in [0.2, 0.25) is 0 Å². The molecule has 0 aliphatic rings. The number of hydrogen-bond acceptors (Lipinski definition) is 4. The van der Waals surface area contributed by atoms with Crippen molar-refractivity contribution in [3.8, 4) is 11.3 Å². The third-order valence-electron chi connectivity index (χ3n) is 4.06. The molecular formula is C19H17N5. The summed E-state index contributed by atoms with van der Waals surface area (Å²) in [5.41, 5.74) is 11.1. The van der Waals surface area contributed by atoms with Crippen molar-refractivity contribution in [2.45, 2.75) is 13.5 Å². The summed E-state index contributed by atoms with van der Waals surface area (Å²) < 4.78 is 1.89. The van der Waals surface area contributed by atoms with E-state index in [1.807, 2.05) is 22.9 Å². The molecule has 0 amide bonds. The quantitative estimate of drug-likeness (QED) is 0.629. The van der Waals surface area contributed by atoms with Gasteiger partial charge in [0.25, 0.3) is 0 Å². The Hall–Kier alpha value is -3.21. The van der Waals surface area contributed by atoms with Crippen LogP contribution >= 0.6 is 0 Å². The van der Waals surface area contributed by atoms with Crippen molar-refractivity contribution in [3.63, 3.8) is 0 Å². The molecule has 0 unspecified atom stereocenters. The molecule has 0 aliphatic carbocycles. The monoisotopic (exact) mass is 315 g/mol. The smallest absolute Gasteiger partial charge is 0.164 e. The Bertz CT molecular complexity index is 988. The van der Waals surface area contributed by atoms with Gasteiger partial charge in [0.15, 0.2) is 5.65 Å². The van der Waals surface area contributed by atoms with Crippen LogP contribution in [0.5, 0.6) is 0 Å². The lowest BCUT2D eigenvalue weighted by Gasteiger charge is -2.02. The first-order chi connectivity index (χ1) is 11.7. The zero-order valence-electron chi connectivity index (χ0n) is 13.3. The number of nitrogen functional groups attached to an aromatic ring is 1. The summed E-state index contributed by atoms with van der Waals surface area (Å²) in [6.45, 7) is 2.70. The minimum Gasteiger partial charge on any atom is -0.383 e. The van der Waals surface area contributed by atoms with Crippen LogP contribution in [-0.4, -0.2) is 19.7 Å². The number of fused-ring (bicyclic) bond motifs is 1. The maximum absolute atomic E-state index is 6.13. The summed E-state index contributed by atoms with van der Waals surface area (Å²) in [4.78, 5) is 8.56. The largest absolute Gasteiger partial charge is 0.383 e. The number of rotatable bonds is 3. The van der Waals surface area contributed by atoms with E-state index in [0.717, 1.165) is 27.9 Å². The van der Waals surface area contributed by atoms with Gasteiger partial charge in [0.2, 0.25) is 0 Å². The fraction of sp³-hybridized carbons (Fsp3) is 0.105. The standard InChI is InChI=1S/C19H17N5/c1-13-7-9-15(10-8-13)17-16-18(20)21-12-22-19(16)24(23-17)11-14-5-3-2-4-6-14/h2-10,12H,11H2,1H3,(H2,20,21,22). The molecule has 118 valence electrons. The maximum Gasteiger partial charge on any atom is 0.164 e. The number of nitrogens with zero attached hydrogens (tertiary/aromatic N) is 4. The molecular weight excluding hydrogens is 298 g/mol. The Balaban J connectivity index is 1.89. The van der Waals surface area contributed by atoms with E-state index in [-0.39, 0.29) is 0 Å². The second-order valence-corrected chi connectivity index (χ2v) is 5.82. The molecule has 4 rings (SSSR count). The number of anilines is 1. The van der Waals surface area contributed by atoms with Crippen molar-refractivity contribution >= 4 is 16.9 Å². The van der Waals surface area contributed by atoms with E-state index in [0.29, 0.717) is 12.4 Å². The molecule has 4 aromatic rings. The first-order valence-corrected chi connectivity index (χ1v) is 7.80. The summed E-state index contributed by atoms with van der Waals surface area (Å²) in [5, 5.41) is 5.58. The second kappa shape index (κ2) is 5.77. The highest BCUT2D eigenvalue weighted by molar-refractivity contribution is 5.98. The van der Waals surface area contributed by atoms with Gasteiger partial charge in [-0.15, -0.1) is 0 Å². The molecule has 0 fully saturated rings. The topological polar surface area (TPSA) is 69.6 Å². The van der Waals surface area contributed by atoms with E-state index < -0.39 is 0 Å². The van der Waals surface area contributed by atoms with Crippen LogP contribution in [0.15, 0.2) is 60.9 Å². The third kappa shape index (κ3) is 2.50. The minimum atomic E-state index is 0.454. The Labute approximate surface area is 139 Å². The molecule has 0 radical (unpaired) electrons. The number of aryl methyl sites for hydroxylation is 1. The van der Waals surface area contributed by atoms with Gasteiger partial charge in [-0.2, -0.15) is 5.10 Å². The van der Waals surface area contributed by atoms with Crippen LogP contribution in [0.4, 0.5) is 5.82 Å². The highest BCUT2D eigenvalue weighted by Crippen LogP contribution is 2.30. The minimum absolute atomic E-state index is 0.454. The molecule has 2 aromatic carbocycles. The van der Waals surface area contributed by atoms with E-state index in [2.05, 4.69) is 53.3 Å². The molecule has 2 aromatic heterocycles. The highest BCUT2D eigenvalue weighted by atomic mass is 15.3. The molecule has 0 saturated heterocycles. The summed E-state index contributed by atoms with van der Waals surface area (Å²) in [6, 6.07) is 18.4. The molecule has 5 nitrogen and oxygen atoms in total. The van der Waals surface area contributed by atoms with Crippen molar-refractivity contribution in [1.29, 1.82) is 0 Å². The average Bonchev–Trinajstić information content (AvgIpc) is 2.97. The molecule has 0 bridgehead atoms. The Morgan fingerprint density at radius 1 is 0.958 bits per heavy atom. The summed E-state index contributed by atoms with van der Waals surface area (Å²) >= 11 is 0. The van der Waals surface area contributed by atoms with E-state index in [9.17, 15) is 0 Å². The Morgan fingerprint density at radius 2 is 1.71 bits per heavy atom. The van der Waals surface area contributed by atoms with Gasteiger partial charge in [0.05, 0.1) is 11.9 Å². The first-order valence-electron chi connectivity index (χ1n) is 7.80. The van der Waals surface area contributed by atoms with Crippen LogP contribution in [0.1, 0.15) is 11.1 Å². The van der Waals surface area contributed by atoms with Crippen LogP contribution < -0.4 is 5.73 Å². The Morgan fingerprint density at radius 3 is 2.46 bits per heavy atom. The van der Waals surface area contributed by atoms with Crippen LogP contribution in [0, 0.1) is 6.92 Å². The fourth-order valence-corrected chi connectivity index (χ4v) is 2.81. The van der Waals surface area contributed by atoms with Gasteiger partial charge in [0.1, 0.15) is 17.8 Å². The number of aromatic nitrogens is 4. The normalized spacial score (nSPS) is 11.0. The van der Waals surface area contributed by atoms with Gasteiger partial charge < -0.3 is 5.73 Å². The SMILES string of the molecule is Cc1ccc(-c2nn(Cc3ccccc3)c3ncnc(N)c23)cc1. The Kier molecular flexibility index (Phi) is 3.46. The predicted octanol–water partition coefficient (Wildman–Crippen LogP) is 3.43. The lowest BCUT2D eigenvalue weighted by atomic mass is 10.1. The predicted molar refractivity (Wildman–Crippen MR) is 95.5 cm³/mol. The van der Waals surface area contributed by atoms with Crippen LogP contribution in [-0.2, 0) is 6.54 Å². The van der Waals surface area contributed by atoms with Gasteiger partial charge in [-0.25, -0.2) is 14.6 Å². The number of hydrogen-bond donors (Lipinski definition) is 1. The van der Waals surface area contributed by atoms with Gasteiger partial charge in [0, 0.05) is 5.56 Å². The lowest BCUT2D eigenvalue weighted by molar-refractivity contribution is 0.706. The molecule has 2 heterocycles. The van der Waals surface area contributed by atoms with Gasteiger partial charge >= 0.3 is 0 Å². The first kappa shape index (κ1) is 14.4. The van der Waals surface area contributed by atoms with Crippen LogP contribution in [0.3, 0.4) is 0 Å². The second-order valence-electron chi connectivity index (χ2n) is 5.82. The van der Waals surface area contributed by atoms with Crippen molar-refractivity contribution in [3.05, 3.63) is 72.1 Å². The number of nitrogens with two attached hydrogens (primary N) is 1. The van der Waals surface area contributed by atoms with Crippen LogP contribution in [0.25, 0.3) is 22.3 Å². The van der Waals surface area contributed by atoms with E-state index in [1.54, 1.807) is 0 Å². The highest BCUT2D eigenvalue weighted by Gasteiger charge is 2.16. The zero-order valence-corrected chi connectivity index (χ0v) is 13.3. The molecule has 0 aliphatic heterocycles. The fourth-order valence-electron chi connectivity index (χ4n) is 2.81. The summed E-state index contributed by atoms with van der Waals surface area (Å²) in [7, 11) is 0. The molecule has 0 saturated carbocycles. The van der Waals surface area contributed by atoms with E-state index in [4.69, 9.17) is 10.8 Å². The van der Waals surface area contributed by atoms with Crippen molar-refractivity contribution in [1.82, 2.24) is 19.7 Å². The van der Waals surface area contributed by atoms with Crippen molar-refractivity contribution in [2.24, 2.45) is 0 Å². The molecule has 2 N–H and O–H groups in total. The third-order valence-corrected chi connectivity index (χ3v) is 4.06. The van der Waals surface area contributed by atoms with E-state index >= 15 is 0 Å². The van der Waals surface area contributed by atoms with Gasteiger partial charge in [-0.3, -0.25) is 0 Å². The zero-order chi connectivity index (χ0) is 16.5. The van der Waals surface area contributed by atoms with Gasteiger partial charge in [-0.1, -0.05) is 60.2 Å². The number of benzene rings is 2. The van der Waals surface area contributed by atoms with Gasteiger partial charge in [-0.05, 0) is 12.5 Å². The average molecular weight is 315 g/mol. The maximum atomic E-state index is 6.13. The lowest BCUT2D eigenvalue weighted by Crippen LogP contribution is -2.03. The van der Waals surface area contributed by atoms with E-state index in [1.165, 1.54) is 11.9 Å². The van der Waals surface area contributed by atoms with Crippen molar-refractivity contribution in [2.75, 3.05) is 5.73 Å². The summed E-state index contributed by atoms with van der Waals surface area (Å²) in [5.74, 6) is 0.454. The summed E-state index contributed by atoms with van der Waals surface area (Å²) in [6.07, 6.45) is 1.49. The molecule has 5 heteroatoms. The molecule has 24 heavy (non-hydrogen) atoms.